The molecule has 0 aliphatic rings. The van der Waals surface area contributed by atoms with E-state index in [1.54, 1.807) is 0 Å². The van der Waals surface area contributed by atoms with E-state index in [4.69, 9.17) is 0 Å². The minimum absolute atomic E-state index is 1.01. The van der Waals surface area contributed by atoms with Crippen molar-refractivity contribution in [1.29, 1.82) is 0 Å². The SMILES string of the molecule is [NH3+]CCCCCC#Cc1ccccc1. The van der Waals surface area contributed by atoms with Gasteiger partial charge in [-0.2, -0.15) is 0 Å². The molecule has 0 unspecified atom stereocenters. The van der Waals surface area contributed by atoms with Gasteiger partial charge in [-0.15, -0.1) is 0 Å². The lowest BCUT2D eigenvalue weighted by molar-refractivity contribution is -0.368. The summed E-state index contributed by atoms with van der Waals surface area (Å²) in [4.78, 5) is 0. The van der Waals surface area contributed by atoms with E-state index in [9.17, 15) is 0 Å². The molecule has 1 nitrogen and oxygen atoms in total. The van der Waals surface area contributed by atoms with Gasteiger partial charge in [-0.05, 0) is 31.4 Å². The van der Waals surface area contributed by atoms with Crippen molar-refractivity contribution in [3.8, 4) is 11.8 Å². The highest BCUT2D eigenvalue weighted by molar-refractivity contribution is 5.33. The molecular formula is C13H18N+. The van der Waals surface area contributed by atoms with Gasteiger partial charge >= 0.3 is 0 Å². The number of hydrogen-bond acceptors (Lipinski definition) is 0. The molecule has 0 saturated carbocycles. The number of hydrogen-bond donors (Lipinski definition) is 1. The third-order valence-electron chi connectivity index (χ3n) is 2.06. The van der Waals surface area contributed by atoms with Crippen molar-refractivity contribution in [2.75, 3.05) is 6.54 Å². The van der Waals surface area contributed by atoms with Gasteiger partial charge in [-0.3, -0.25) is 0 Å². The zero-order chi connectivity index (χ0) is 10.1. The van der Waals surface area contributed by atoms with Gasteiger partial charge in [0.15, 0.2) is 0 Å². The lowest BCUT2D eigenvalue weighted by atomic mass is 10.2. The van der Waals surface area contributed by atoms with Crippen molar-refractivity contribution in [1.82, 2.24) is 0 Å². The summed E-state index contributed by atoms with van der Waals surface area (Å²) in [5, 5.41) is 0. The maximum atomic E-state index is 3.82. The second-order valence-electron chi connectivity index (χ2n) is 3.33. The molecule has 1 aromatic carbocycles. The topological polar surface area (TPSA) is 27.6 Å². The minimum atomic E-state index is 1.01. The molecular weight excluding hydrogens is 170 g/mol. The molecule has 0 aliphatic carbocycles. The molecule has 0 bridgehead atoms. The number of rotatable bonds is 4. The second-order valence-corrected chi connectivity index (χ2v) is 3.33. The number of quaternary nitrogens is 1. The Labute approximate surface area is 86.3 Å². The van der Waals surface area contributed by atoms with Crippen molar-refractivity contribution in [2.45, 2.75) is 25.7 Å². The Balaban J connectivity index is 2.21. The quantitative estimate of drug-likeness (QED) is 0.551. The highest BCUT2D eigenvalue weighted by atomic mass is 14.5. The van der Waals surface area contributed by atoms with E-state index in [-0.39, 0.29) is 0 Å². The molecule has 0 aliphatic heterocycles. The third kappa shape index (κ3) is 4.69. The van der Waals surface area contributed by atoms with E-state index in [1.165, 1.54) is 19.3 Å². The standard InChI is InChI=1S/C13H17N/c14-12-8-3-1-2-5-9-13-10-6-4-7-11-13/h4,6-7,10-11H,1-3,8,12,14H2/p+1. The van der Waals surface area contributed by atoms with Gasteiger partial charge in [0.2, 0.25) is 0 Å². The normalized spacial score (nSPS) is 9.21. The first-order chi connectivity index (χ1) is 6.93. The fourth-order valence-corrected chi connectivity index (χ4v) is 1.25. The van der Waals surface area contributed by atoms with Crippen LogP contribution in [0.15, 0.2) is 30.3 Å². The summed E-state index contributed by atoms with van der Waals surface area (Å²) < 4.78 is 0. The first-order valence-corrected chi connectivity index (χ1v) is 5.26. The molecule has 0 amide bonds. The smallest absolute Gasteiger partial charge is 0.0739 e. The van der Waals surface area contributed by atoms with Crippen LogP contribution in [-0.2, 0) is 0 Å². The third-order valence-corrected chi connectivity index (χ3v) is 2.06. The zero-order valence-corrected chi connectivity index (χ0v) is 8.63. The van der Waals surface area contributed by atoms with E-state index >= 15 is 0 Å². The van der Waals surface area contributed by atoms with E-state index in [2.05, 4.69) is 17.6 Å². The predicted octanol–water partition coefficient (Wildman–Crippen LogP) is 1.84. The zero-order valence-electron chi connectivity index (χ0n) is 8.63. The second kappa shape index (κ2) is 7.17. The van der Waals surface area contributed by atoms with Gasteiger partial charge in [-0.25, -0.2) is 0 Å². The summed E-state index contributed by atoms with van der Waals surface area (Å²) in [5.74, 6) is 6.35. The van der Waals surface area contributed by atoms with Gasteiger partial charge < -0.3 is 5.73 Å². The Hall–Kier alpha value is -1.26. The van der Waals surface area contributed by atoms with E-state index in [1.807, 2.05) is 30.3 Å². The summed E-state index contributed by atoms with van der Waals surface area (Å²) >= 11 is 0. The summed E-state index contributed by atoms with van der Waals surface area (Å²) in [7, 11) is 0. The molecule has 0 fully saturated rings. The molecule has 0 aromatic heterocycles. The predicted molar refractivity (Wildman–Crippen MR) is 59.5 cm³/mol. The van der Waals surface area contributed by atoms with Gasteiger partial charge in [0.1, 0.15) is 0 Å². The molecule has 14 heavy (non-hydrogen) atoms. The average molecular weight is 188 g/mol. The summed E-state index contributed by atoms with van der Waals surface area (Å²) in [6, 6.07) is 10.1. The van der Waals surface area contributed by atoms with Crippen LogP contribution in [0.4, 0.5) is 0 Å². The van der Waals surface area contributed by atoms with Gasteiger partial charge in [0, 0.05) is 12.0 Å². The van der Waals surface area contributed by atoms with Gasteiger partial charge in [-0.1, -0.05) is 30.0 Å². The van der Waals surface area contributed by atoms with E-state index < -0.39 is 0 Å². The van der Waals surface area contributed by atoms with Crippen LogP contribution in [-0.4, -0.2) is 6.54 Å². The molecule has 3 N–H and O–H groups in total. The van der Waals surface area contributed by atoms with Crippen LogP contribution >= 0.6 is 0 Å². The molecule has 0 atom stereocenters. The number of unbranched alkanes of at least 4 members (excludes halogenated alkanes) is 3. The Morgan fingerprint density at radius 1 is 1.00 bits per heavy atom. The highest BCUT2D eigenvalue weighted by Gasteiger charge is 1.85. The monoisotopic (exact) mass is 188 g/mol. The minimum Gasteiger partial charge on any atom is -0.358 e. The molecule has 74 valence electrons. The van der Waals surface area contributed by atoms with Crippen molar-refractivity contribution >= 4 is 0 Å². The summed E-state index contributed by atoms with van der Waals surface area (Å²) in [6.45, 7) is 1.05. The molecule has 1 heteroatoms. The Bertz CT molecular complexity index is 292. The van der Waals surface area contributed by atoms with E-state index in [0.717, 1.165) is 18.5 Å². The molecule has 1 rings (SSSR count). The van der Waals surface area contributed by atoms with Crippen LogP contribution in [0, 0.1) is 11.8 Å². The first-order valence-electron chi connectivity index (χ1n) is 5.26. The summed E-state index contributed by atoms with van der Waals surface area (Å²) in [6.07, 6.45) is 4.70. The van der Waals surface area contributed by atoms with Gasteiger partial charge in [0.05, 0.1) is 6.54 Å². The van der Waals surface area contributed by atoms with Crippen LogP contribution in [0.3, 0.4) is 0 Å². The van der Waals surface area contributed by atoms with Gasteiger partial charge in [0.25, 0.3) is 0 Å². The fraction of sp³-hybridized carbons (Fsp3) is 0.385. The highest BCUT2D eigenvalue weighted by Crippen LogP contribution is 1.98. The van der Waals surface area contributed by atoms with Crippen LogP contribution < -0.4 is 5.73 Å². The first kappa shape index (κ1) is 10.8. The van der Waals surface area contributed by atoms with Crippen LogP contribution in [0.2, 0.25) is 0 Å². The Morgan fingerprint density at radius 3 is 2.50 bits per heavy atom. The largest absolute Gasteiger partial charge is 0.358 e. The van der Waals surface area contributed by atoms with Crippen LogP contribution in [0.1, 0.15) is 31.2 Å². The molecule has 0 saturated heterocycles. The van der Waals surface area contributed by atoms with Crippen molar-refractivity contribution in [2.24, 2.45) is 0 Å². The average Bonchev–Trinajstić information content (AvgIpc) is 2.25. The van der Waals surface area contributed by atoms with Crippen molar-refractivity contribution in [3.05, 3.63) is 35.9 Å². The molecule has 0 heterocycles. The lowest BCUT2D eigenvalue weighted by Crippen LogP contribution is -2.50. The molecule has 0 spiro atoms. The summed E-state index contributed by atoms with van der Waals surface area (Å²) in [5.41, 5.74) is 4.93. The Kier molecular flexibility index (Phi) is 5.54. The maximum absolute atomic E-state index is 3.82. The van der Waals surface area contributed by atoms with Crippen LogP contribution in [0.25, 0.3) is 0 Å². The Morgan fingerprint density at radius 2 is 1.79 bits per heavy atom. The number of benzene rings is 1. The van der Waals surface area contributed by atoms with Crippen molar-refractivity contribution < 1.29 is 5.73 Å². The molecule has 1 aromatic rings. The van der Waals surface area contributed by atoms with E-state index in [0.29, 0.717) is 0 Å². The molecule has 0 radical (unpaired) electrons. The van der Waals surface area contributed by atoms with Crippen molar-refractivity contribution in [3.63, 3.8) is 0 Å². The van der Waals surface area contributed by atoms with Crippen LogP contribution in [0.5, 0.6) is 0 Å². The fourth-order valence-electron chi connectivity index (χ4n) is 1.25. The lowest BCUT2D eigenvalue weighted by Gasteiger charge is -1.91. The maximum Gasteiger partial charge on any atom is 0.0739 e.